The number of nitrogens with zero attached hydrogens (tertiary/aromatic N) is 1. The Hall–Kier alpha value is -0.570. The van der Waals surface area contributed by atoms with Crippen molar-refractivity contribution in [3.8, 4) is 0 Å². The topological polar surface area (TPSA) is 22.0 Å². The number of hydrogen-bond acceptors (Lipinski definition) is 1. The molecule has 1 aromatic heterocycles. The second kappa shape index (κ2) is 4.52. The summed E-state index contributed by atoms with van der Waals surface area (Å²) in [6, 6.07) is 2.09. The molecule has 0 atom stereocenters. The quantitative estimate of drug-likeness (QED) is 0.757. The van der Waals surface area contributed by atoms with Gasteiger partial charge in [0.05, 0.1) is 0 Å². The zero-order valence-electron chi connectivity index (χ0n) is 9.05. The van der Waals surface area contributed by atoms with Gasteiger partial charge in [-0.2, -0.15) is 0 Å². The third-order valence-electron chi connectivity index (χ3n) is 3.13. The van der Waals surface area contributed by atoms with Gasteiger partial charge >= 0.3 is 0 Å². The summed E-state index contributed by atoms with van der Waals surface area (Å²) in [7, 11) is 0. The minimum Gasteiger partial charge on any atom is -0.312 e. The Bertz CT molecular complexity index is 422. The van der Waals surface area contributed by atoms with E-state index in [1.54, 1.807) is 0 Å². The van der Waals surface area contributed by atoms with Crippen LogP contribution in [0, 0.1) is 0 Å². The molecular formula is C12H16BrNO. The molecule has 0 saturated heterocycles. The highest BCUT2D eigenvalue weighted by atomic mass is 79.9. The lowest BCUT2D eigenvalue weighted by Crippen LogP contribution is -2.28. The molecule has 0 aromatic carbocycles. The van der Waals surface area contributed by atoms with Crippen molar-refractivity contribution in [1.82, 2.24) is 4.57 Å². The summed E-state index contributed by atoms with van der Waals surface area (Å²) < 4.78 is 1.95. The lowest BCUT2D eigenvalue weighted by Gasteiger charge is -2.21. The standard InChI is InChI=1S/C12H16BrNO/c1-2-14-11-6-4-3-5-9(11)7-10(8-13)12(14)15/h7H,2-6,8H2,1H3. The molecule has 3 heteroatoms. The van der Waals surface area contributed by atoms with Crippen molar-refractivity contribution >= 4 is 15.9 Å². The number of aromatic nitrogens is 1. The number of aryl methyl sites for hydroxylation is 1. The third kappa shape index (κ3) is 1.89. The average Bonchev–Trinajstić information content (AvgIpc) is 2.28. The van der Waals surface area contributed by atoms with E-state index in [0.29, 0.717) is 5.33 Å². The molecule has 0 bridgehead atoms. The Balaban J connectivity index is 2.63. The third-order valence-corrected chi connectivity index (χ3v) is 3.74. The minimum atomic E-state index is 0.190. The molecular weight excluding hydrogens is 254 g/mol. The molecule has 0 fully saturated rings. The van der Waals surface area contributed by atoms with Crippen molar-refractivity contribution in [3.05, 3.63) is 33.2 Å². The predicted molar refractivity (Wildman–Crippen MR) is 65.6 cm³/mol. The maximum absolute atomic E-state index is 12.0. The number of fused-ring (bicyclic) bond motifs is 1. The van der Waals surface area contributed by atoms with Crippen LogP contribution >= 0.6 is 15.9 Å². The number of hydrogen-bond donors (Lipinski definition) is 0. The number of halogens is 1. The van der Waals surface area contributed by atoms with E-state index in [-0.39, 0.29) is 5.56 Å². The van der Waals surface area contributed by atoms with Crippen LogP contribution in [0.4, 0.5) is 0 Å². The lowest BCUT2D eigenvalue weighted by molar-refractivity contribution is 0.588. The summed E-state index contributed by atoms with van der Waals surface area (Å²) in [5.41, 5.74) is 3.75. The fraction of sp³-hybridized carbons (Fsp3) is 0.583. The molecule has 82 valence electrons. The lowest BCUT2D eigenvalue weighted by atomic mass is 9.94. The van der Waals surface area contributed by atoms with Gasteiger partial charge < -0.3 is 4.57 Å². The molecule has 0 radical (unpaired) electrons. The van der Waals surface area contributed by atoms with E-state index in [2.05, 4.69) is 22.0 Å². The van der Waals surface area contributed by atoms with Crippen LogP contribution in [0.1, 0.15) is 36.6 Å². The van der Waals surface area contributed by atoms with E-state index in [9.17, 15) is 4.79 Å². The smallest absolute Gasteiger partial charge is 0.254 e. The maximum Gasteiger partial charge on any atom is 0.254 e. The van der Waals surface area contributed by atoms with Gasteiger partial charge in [0.2, 0.25) is 0 Å². The monoisotopic (exact) mass is 269 g/mol. The van der Waals surface area contributed by atoms with Crippen LogP contribution in [0.15, 0.2) is 10.9 Å². The van der Waals surface area contributed by atoms with Crippen LogP contribution in [-0.2, 0) is 24.7 Å². The highest BCUT2D eigenvalue weighted by Crippen LogP contribution is 2.21. The van der Waals surface area contributed by atoms with Crippen LogP contribution in [0.5, 0.6) is 0 Å². The average molecular weight is 270 g/mol. The fourth-order valence-corrected chi connectivity index (χ4v) is 2.78. The highest BCUT2D eigenvalue weighted by Gasteiger charge is 2.15. The van der Waals surface area contributed by atoms with Crippen LogP contribution < -0.4 is 5.56 Å². The molecule has 0 amide bonds. The van der Waals surface area contributed by atoms with Gasteiger partial charge in [-0.15, -0.1) is 0 Å². The summed E-state index contributed by atoms with van der Waals surface area (Å²) in [5.74, 6) is 0. The van der Waals surface area contributed by atoms with Crippen molar-refractivity contribution in [3.63, 3.8) is 0 Å². The van der Waals surface area contributed by atoms with Crippen LogP contribution in [0.2, 0.25) is 0 Å². The second-order valence-corrected chi connectivity index (χ2v) is 4.59. The largest absolute Gasteiger partial charge is 0.312 e. The molecule has 0 aliphatic heterocycles. The van der Waals surface area contributed by atoms with Crippen molar-refractivity contribution < 1.29 is 0 Å². The van der Waals surface area contributed by atoms with Gasteiger partial charge in [0.25, 0.3) is 5.56 Å². The van der Waals surface area contributed by atoms with Crippen LogP contribution in [0.25, 0.3) is 0 Å². The first kappa shape index (κ1) is 10.9. The maximum atomic E-state index is 12.0. The van der Waals surface area contributed by atoms with E-state index in [1.165, 1.54) is 24.1 Å². The van der Waals surface area contributed by atoms with E-state index < -0.39 is 0 Å². The highest BCUT2D eigenvalue weighted by molar-refractivity contribution is 9.08. The Morgan fingerprint density at radius 2 is 2.13 bits per heavy atom. The number of rotatable bonds is 2. The first-order valence-corrected chi connectivity index (χ1v) is 6.70. The first-order chi connectivity index (χ1) is 7.27. The minimum absolute atomic E-state index is 0.190. The Morgan fingerprint density at radius 3 is 2.80 bits per heavy atom. The summed E-state index contributed by atoms with van der Waals surface area (Å²) in [4.78, 5) is 12.0. The molecule has 0 spiro atoms. The Kier molecular flexibility index (Phi) is 3.29. The zero-order valence-corrected chi connectivity index (χ0v) is 10.6. The second-order valence-electron chi connectivity index (χ2n) is 4.03. The molecule has 2 nitrogen and oxygen atoms in total. The normalized spacial score (nSPS) is 15.1. The van der Waals surface area contributed by atoms with Crippen molar-refractivity contribution in [2.45, 2.75) is 44.5 Å². The molecule has 1 heterocycles. The van der Waals surface area contributed by atoms with E-state index >= 15 is 0 Å². The van der Waals surface area contributed by atoms with E-state index in [1.807, 2.05) is 11.5 Å². The van der Waals surface area contributed by atoms with Gasteiger partial charge in [-0.3, -0.25) is 4.79 Å². The molecule has 1 aliphatic carbocycles. The van der Waals surface area contributed by atoms with Crippen LogP contribution in [-0.4, -0.2) is 4.57 Å². The number of alkyl halides is 1. The van der Waals surface area contributed by atoms with Gasteiger partial charge in [0, 0.05) is 23.1 Å². The van der Waals surface area contributed by atoms with Gasteiger partial charge in [0.15, 0.2) is 0 Å². The molecule has 0 saturated carbocycles. The van der Waals surface area contributed by atoms with Crippen molar-refractivity contribution in [2.75, 3.05) is 0 Å². The van der Waals surface area contributed by atoms with Gasteiger partial charge in [0.1, 0.15) is 0 Å². The first-order valence-electron chi connectivity index (χ1n) is 5.58. The van der Waals surface area contributed by atoms with Crippen LogP contribution in [0.3, 0.4) is 0 Å². The zero-order chi connectivity index (χ0) is 10.8. The summed E-state index contributed by atoms with van der Waals surface area (Å²) in [6.07, 6.45) is 4.69. The summed E-state index contributed by atoms with van der Waals surface area (Å²) in [5, 5.41) is 0.666. The summed E-state index contributed by atoms with van der Waals surface area (Å²) in [6.45, 7) is 2.84. The number of pyridine rings is 1. The Morgan fingerprint density at radius 1 is 1.40 bits per heavy atom. The Labute approximate surface area is 98.4 Å². The molecule has 1 aliphatic rings. The fourth-order valence-electron chi connectivity index (χ4n) is 2.37. The van der Waals surface area contributed by atoms with Gasteiger partial charge in [-0.05, 0) is 44.2 Å². The van der Waals surface area contributed by atoms with Gasteiger partial charge in [-0.25, -0.2) is 0 Å². The van der Waals surface area contributed by atoms with E-state index in [0.717, 1.165) is 24.9 Å². The molecule has 2 rings (SSSR count). The van der Waals surface area contributed by atoms with Gasteiger partial charge in [-0.1, -0.05) is 15.9 Å². The molecule has 0 N–H and O–H groups in total. The predicted octanol–water partition coefficient (Wildman–Crippen LogP) is 2.64. The molecule has 15 heavy (non-hydrogen) atoms. The molecule has 1 aromatic rings. The molecule has 0 unspecified atom stereocenters. The van der Waals surface area contributed by atoms with Crippen molar-refractivity contribution in [1.29, 1.82) is 0 Å². The van der Waals surface area contributed by atoms with Crippen molar-refractivity contribution in [2.24, 2.45) is 0 Å². The van der Waals surface area contributed by atoms with E-state index in [4.69, 9.17) is 0 Å². The summed E-state index contributed by atoms with van der Waals surface area (Å²) >= 11 is 3.39. The SMILES string of the molecule is CCn1c2c(cc(CBr)c1=O)CCCC2.